The van der Waals surface area contributed by atoms with Crippen LogP contribution in [-0.4, -0.2) is 17.6 Å². The molecule has 0 N–H and O–H groups in total. The number of aromatic nitrogens is 1. The number of ether oxygens (including phenoxy) is 1. The molecule has 0 unspecified atom stereocenters. The van der Waals surface area contributed by atoms with Gasteiger partial charge in [0, 0.05) is 17.5 Å². The van der Waals surface area contributed by atoms with Crippen LogP contribution in [0.5, 0.6) is 5.75 Å². The summed E-state index contributed by atoms with van der Waals surface area (Å²) in [7, 11) is 1.65. The first-order valence-corrected chi connectivity index (χ1v) is 9.38. The minimum atomic E-state index is -0.244. The molecular weight excluding hydrogens is 340 g/mol. The van der Waals surface area contributed by atoms with Crippen LogP contribution in [0.2, 0.25) is 0 Å². The number of fused-ring (bicyclic) bond motifs is 1. The maximum atomic E-state index is 12.2. The van der Waals surface area contributed by atoms with Crippen LogP contribution in [0, 0.1) is 0 Å². The van der Waals surface area contributed by atoms with Gasteiger partial charge in [0.15, 0.2) is 4.80 Å². The van der Waals surface area contributed by atoms with E-state index in [4.69, 9.17) is 4.74 Å². The maximum Gasteiger partial charge on any atom is 0.272 e. The number of carbonyl (C=O) groups is 1. The molecule has 0 saturated heterocycles. The van der Waals surface area contributed by atoms with Gasteiger partial charge in [0.1, 0.15) is 5.75 Å². The Morgan fingerprint density at radius 3 is 2.96 bits per heavy atom. The third kappa shape index (κ3) is 3.66. The van der Waals surface area contributed by atoms with Gasteiger partial charge in [0.2, 0.25) is 0 Å². The summed E-state index contributed by atoms with van der Waals surface area (Å²) in [6.45, 7) is 2.94. The Morgan fingerprint density at radius 2 is 2.25 bits per heavy atom. The summed E-state index contributed by atoms with van der Waals surface area (Å²) in [6.07, 6.45) is 4.30. The predicted molar refractivity (Wildman–Crippen MR) is 101 cm³/mol. The molecule has 0 spiro atoms. The van der Waals surface area contributed by atoms with Crippen LogP contribution in [0.3, 0.4) is 0 Å². The van der Waals surface area contributed by atoms with Crippen molar-refractivity contribution in [2.24, 2.45) is 4.99 Å². The van der Waals surface area contributed by atoms with E-state index in [2.05, 4.69) is 16.5 Å². The lowest BCUT2D eigenvalue weighted by Gasteiger charge is -2.03. The van der Waals surface area contributed by atoms with E-state index in [1.165, 1.54) is 17.4 Å². The molecule has 124 valence electrons. The van der Waals surface area contributed by atoms with Crippen LogP contribution in [0.4, 0.5) is 0 Å². The third-order valence-electron chi connectivity index (χ3n) is 3.48. The monoisotopic (exact) mass is 358 g/mol. The molecule has 3 rings (SSSR count). The average molecular weight is 358 g/mol. The molecule has 1 aromatic carbocycles. The van der Waals surface area contributed by atoms with Gasteiger partial charge in [-0.25, -0.2) is 0 Å². The molecular formula is C18H18N2O2S2. The average Bonchev–Trinajstić information content (AvgIpc) is 3.21. The molecule has 3 aromatic rings. The van der Waals surface area contributed by atoms with Gasteiger partial charge in [0.05, 0.1) is 17.3 Å². The highest BCUT2D eigenvalue weighted by Gasteiger charge is 2.07. The fourth-order valence-electron chi connectivity index (χ4n) is 2.38. The van der Waals surface area contributed by atoms with E-state index < -0.39 is 0 Å². The summed E-state index contributed by atoms with van der Waals surface area (Å²) in [5.41, 5.74) is 1.08. The Balaban J connectivity index is 2.00. The second-order valence-electron chi connectivity index (χ2n) is 5.17. The summed E-state index contributed by atoms with van der Waals surface area (Å²) < 4.78 is 8.44. The molecule has 24 heavy (non-hydrogen) atoms. The fourth-order valence-corrected chi connectivity index (χ4v) is 4.08. The number of benzene rings is 1. The van der Waals surface area contributed by atoms with Crippen molar-refractivity contribution in [3.63, 3.8) is 0 Å². The summed E-state index contributed by atoms with van der Waals surface area (Å²) in [5.74, 6) is 0.564. The third-order valence-corrected chi connectivity index (χ3v) is 5.36. The number of methoxy groups -OCH3 is 1. The van der Waals surface area contributed by atoms with Crippen LogP contribution in [0.15, 0.2) is 46.8 Å². The standard InChI is InChI=1S/C18H18N2O2S2/c1-3-10-20-15-8-6-13(22-2)12-16(15)24-18(20)19-17(21)9-7-14-5-4-11-23-14/h4-9,11-12H,3,10H2,1-2H3/b9-7+,19-18?. The van der Waals surface area contributed by atoms with Crippen molar-refractivity contribution in [2.75, 3.05) is 7.11 Å². The first-order chi connectivity index (χ1) is 11.7. The molecule has 0 aliphatic heterocycles. The van der Waals surface area contributed by atoms with E-state index >= 15 is 0 Å². The minimum absolute atomic E-state index is 0.244. The van der Waals surface area contributed by atoms with Gasteiger partial charge < -0.3 is 9.30 Å². The first kappa shape index (κ1) is 16.7. The van der Waals surface area contributed by atoms with Crippen molar-refractivity contribution < 1.29 is 9.53 Å². The number of amides is 1. The zero-order chi connectivity index (χ0) is 16.9. The second kappa shape index (κ2) is 7.59. The summed E-state index contributed by atoms with van der Waals surface area (Å²) in [6, 6.07) is 9.87. The number of thiazole rings is 1. The number of carbonyl (C=O) groups excluding carboxylic acids is 1. The largest absolute Gasteiger partial charge is 0.497 e. The smallest absolute Gasteiger partial charge is 0.272 e. The zero-order valence-electron chi connectivity index (χ0n) is 13.6. The normalized spacial score (nSPS) is 12.3. The van der Waals surface area contributed by atoms with Crippen molar-refractivity contribution in [2.45, 2.75) is 19.9 Å². The van der Waals surface area contributed by atoms with Gasteiger partial charge in [0.25, 0.3) is 5.91 Å². The molecule has 0 aliphatic carbocycles. The van der Waals surface area contributed by atoms with E-state index in [0.29, 0.717) is 0 Å². The van der Waals surface area contributed by atoms with Gasteiger partial charge in [-0.2, -0.15) is 4.99 Å². The molecule has 6 heteroatoms. The molecule has 2 aromatic heterocycles. The number of hydrogen-bond acceptors (Lipinski definition) is 4. The topological polar surface area (TPSA) is 43.6 Å². The molecule has 0 bridgehead atoms. The van der Waals surface area contributed by atoms with Crippen LogP contribution >= 0.6 is 22.7 Å². The van der Waals surface area contributed by atoms with Gasteiger partial charge >= 0.3 is 0 Å². The van der Waals surface area contributed by atoms with E-state index in [1.54, 1.807) is 24.5 Å². The quantitative estimate of drug-likeness (QED) is 0.637. The molecule has 0 saturated carbocycles. The highest BCUT2D eigenvalue weighted by Crippen LogP contribution is 2.23. The highest BCUT2D eigenvalue weighted by atomic mass is 32.1. The van der Waals surface area contributed by atoms with Crippen LogP contribution in [-0.2, 0) is 11.3 Å². The lowest BCUT2D eigenvalue weighted by Crippen LogP contribution is -2.16. The molecule has 4 nitrogen and oxygen atoms in total. The first-order valence-electron chi connectivity index (χ1n) is 7.69. The zero-order valence-corrected chi connectivity index (χ0v) is 15.2. The number of aryl methyl sites for hydroxylation is 1. The molecule has 0 atom stereocenters. The second-order valence-corrected chi connectivity index (χ2v) is 7.16. The van der Waals surface area contributed by atoms with Gasteiger partial charge in [-0.15, -0.1) is 11.3 Å². The molecule has 1 amide bonds. The molecule has 0 fully saturated rings. The Morgan fingerprint density at radius 1 is 1.38 bits per heavy atom. The van der Waals surface area contributed by atoms with E-state index in [-0.39, 0.29) is 5.91 Å². The van der Waals surface area contributed by atoms with Crippen molar-refractivity contribution in [1.82, 2.24) is 4.57 Å². The lowest BCUT2D eigenvalue weighted by atomic mass is 10.3. The van der Waals surface area contributed by atoms with Gasteiger partial charge in [-0.05, 0) is 42.1 Å². The Hall–Kier alpha value is -2.18. The van der Waals surface area contributed by atoms with Crippen molar-refractivity contribution in [3.05, 3.63) is 51.5 Å². The Labute approximate surface area is 148 Å². The number of hydrogen-bond donors (Lipinski definition) is 0. The lowest BCUT2D eigenvalue weighted by molar-refractivity contribution is -0.113. The minimum Gasteiger partial charge on any atom is -0.497 e. The van der Waals surface area contributed by atoms with Crippen LogP contribution in [0.1, 0.15) is 18.2 Å². The van der Waals surface area contributed by atoms with E-state index in [0.717, 1.165) is 38.6 Å². The summed E-state index contributed by atoms with van der Waals surface area (Å²) in [4.78, 5) is 18.2. The predicted octanol–water partition coefficient (Wildman–Crippen LogP) is 4.32. The SMILES string of the molecule is CCCn1c(=NC(=O)/C=C/c2cccs2)sc2cc(OC)ccc21. The Kier molecular flexibility index (Phi) is 5.27. The Bertz CT molecular complexity index is 934. The van der Waals surface area contributed by atoms with Gasteiger partial charge in [-0.1, -0.05) is 24.3 Å². The van der Waals surface area contributed by atoms with Gasteiger partial charge in [-0.3, -0.25) is 4.79 Å². The molecule has 0 aliphatic rings. The maximum absolute atomic E-state index is 12.2. The summed E-state index contributed by atoms with van der Waals surface area (Å²) >= 11 is 3.10. The molecule has 2 heterocycles. The number of thiophene rings is 1. The van der Waals surface area contributed by atoms with Crippen molar-refractivity contribution in [3.8, 4) is 5.75 Å². The fraction of sp³-hybridized carbons (Fsp3) is 0.222. The van der Waals surface area contributed by atoms with E-state index in [1.807, 2.05) is 35.7 Å². The highest BCUT2D eigenvalue weighted by molar-refractivity contribution is 7.16. The van der Waals surface area contributed by atoms with Crippen molar-refractivity contribution in [1.29, 1.82) is 0 Å². The van der Waals surface area contributed by atoms with Crippen LogP contribution in [0.25, 0.3) is 16.3 Å². The van der Waals surface area contributed by atoms with Crippen LogP contribution < -0.4 is 9.54 Å². The number of rotatable bonds is 5. The number of nitrogens with zero attached hydrogens (tertiary/aromatic N) is 2. The molecule has 0 radical (unpaired) electrons. The van der Waals surface area contributed by atoms with E-state index in [9.17, 15) is 4.79 Å². The van der Waals surface area contributed by atoms with Crippen molar-refractivity contribution >= 4 is 44.9 Å². The summed E-state index contributed by atoms with van der Waals surface area (Å²) in [5, 5.41) is 1.98.